The summed E-state index contributed by atoms with van der Waals surface area (Å²) in [5, 5.41) is -0.792. The smallest absolute Gasteiger partial charge is 0.432 e. The summed E-state index contributed by atoms with van der Waals surface area (Å²) < 4.78 is 72.0. The summed E-state index contributed by atoms with van der Waals surface area (Å²) in [5.41, 5.74) is 3.31. The molecule has 0 saturated carbocycles. The highest BCUT2D eigenvalue weighted by atomic mass is 35.5. The van der Waals surface area contributed by atoms with E-state index in [4.69, 9.17) is 22.1 Å². The molecule has 0 amide bonds. The average molecular weight is 540 g/mol. The lowest BCUT2D eigenvalue weighted by molar-refractivity contribution is -0.142. The minimum absolute atomic E-state index is 0.0235. The van der Waals surface area contributed by atoms with Crippen LogP contribution in [0, 0.1) is 0 Å². The van der Waals surface area contributed by atoms with Crippen LogP contribution in [0.25, 0.3) is 10.6 Å². The van der Waals surface area contributed by atoms with E-state index in [1.807, 2.05) is 0 Å². The lowest BCUT2D eigenvalue weighted by Crippen LogP contribution is -2.24. The number of rotatable bonds is 9. The van der Waals surface area contributed by atoms with Crippen LogP contribution in [0.1, 0.15) is 5.82 Å². The van der Waals surface area contributed by atoms with Crippen LogP contribution in [0.15, 0.2) is 44.9 Å². The molecule has 186 valence electrons. The van der Waals surface area contributed by atoms with Crippen molar-refractivity contribution in [1.82, 2.24) is 14.3 Å². The van der Waals surface area contributed by atoms with E-state index >= 15 is 0 Å². The fraction of sp³-hybridized carbons (Fsp3) is 0.368. The van der Waals surface area contributed by atoms with Crippen molar-refractivity contribution >= 4 is 44.7 Å². The number of nitrogens with zero attached hydrogens (tertiary/aromatic N) is 4. The number of ether oxygens (including phenoxy) is 1. The Labute approximate surface area is 203 Å². The maximum Gasteiger partial charge on any atom is 0.432 e. The first-order valence-electron chi connectivity index (χ1n) is 9.42. The van der Waals surface area contributed by atoms with Crippen molar-refractivity contribution in [3.63, 3.8) is 0 Å². The summed E-state index contributed by atoms with van der Waals surface area (Å²) >= 11 is 6.65. The second-order valence-electron chi connectivity index (χ2n) is 7.14. The topological polar surface area (TPSA) is 128 Å². The predicted octanol–water partition coefficient (Wildman–Crippen LogP) is 2.47. The van der Waals surface area contributed by atoms with E-state index in [0.717, 1.165) is 17.8 Å². The number of halogens is 4. The van der Waals surface area contributed by atoms with E-state index in [1.165, 1.54) is 18.2 Å². The third-order valence-electron chi connectivity index (χ3n) is 4.06. The van der Waals surface area contributed by atoms with Gasteiger partial charge in [-0.15, -0.1) is 0 Å². The maximum absolute atomic E-state index is 13.1. The lowest BCUT2D eigenvalue weighted by atomic mass is 10.2. The van der Waals surface area contributed by atoms with Crippen LogP contribution in [0.2, 0.25) is 0 Å². The highest BCUT2D eigenvalue weighted by Gasteiger charge is 2.36. The standard InChI is InChI=1S/C19H21ClF3N5O4S2/c1-28(2)7-8-32-13(29)10-25-15(14(20)16(24)19(21,22)23)17-26-18(33-27-17)11-5-4-6-12(9-11)34(3,30)31/h4-6,9H,7-8,10,24H2,1-3H3. The Morgan fingerprint density at radius 2 is 2.00 bits per heavy atom. The molecule has 0 unspecified atom stereocenters. The summed E-state index contributed by atoms with van der Waals surface area (Å²) in [6.07, 6.45) is -3.93. The van der Waals surface area contributed by atoms with E-state index < -0.39 is 45.0 Å². The van der Waals surface area contributed by atoms with E-state index in [0.29, 0.717) is 12.1 Å². The Balaban J connectivity index is 2.43. The molecule has 0 saturated heterocycles. The third-order valence-corrected chi connectivity index (χ3v) is 6.32. The van der Waals surface area contributed by atoms with Gasteiger partial charge in [0, 0.05) is 18.4 Å². The Hall–Kier alpha value is -2.55. The van der Waals surface area contributed by atoms with Crippen molar-refractivity contribution in [2.75, 3.05) is 40.0 Å². The number of sulfone groups is 1. The third kappa shape index (κ3) is 7.75. The molecule has 0 bridgehead atoms. The van der Waals surface area contributed by atoms with Crippen molar-refractivity contribution in [1.29, 1.82) is 0 Å². The van der Waals surface area contributed by atoms with E-state index in [-0.39, 0.29) is 22.3 Å². The number of carbonyl (C=O) groups excluding carboxylic acids is 1. The van der Waals surface area contributed by atoms with Crippen molar-refractivity contribution in [2.24, 2.45) is 10.7 Å². The fourth-order valence-electron chi connectivity index (χ4n) is 2.32. The number of likely N-dealkylation sites (N-methyl/N-ethyl adjacent to an activating group) is 1. The number of esters is 1. The van der Waals surface area contributed by atoms with Crippen LogP contribution in [0.5, 0.6) is 0 Å². The molecular weight excluding hydrogens is 519 g/mol. The van der Waals surface area contributed by atoms with Gasteiger partial charge in [0.05, 0.1) is 9.93 Å². The minimum atomic E-state index is -4.97. The van der Waals surface area contributed by atoms with Crippen molar-refractivity contribution in [3.05, 3.63) is 40.8 Å². The van der Waals surface area contributed by atoms with E-state index in [1.54, 1.807) is 25.1 Å². The van der Waals surface area contributed by atoms with Crippen LogP contribution < -0.4 is 5.73 Å². The summed E-state index contributed by atoms with van der Waals surface area (Å²) in [4.78, 5) is 21.7. The van der Waals surface area contributed by atoms with Gasteiger partial charge in [-0.1, -0.05) is 23.7 Å². The molecule has 34 heavy (non-hydrogen) atoms. The zero-order valence-corrected chi connectivity index (χ0v) is 20.6. The first kappa shape index (κ1) is 27.7. The molecule has 0 aliphatic rings. The largest absolute Gasteiger partial charge is 0.463 e. The Morgan fingerprint density at radius 1 is 1.32 bits per heavy atom. The summed E-state index contributed by atoms with van der Waals surface area (Å²) in [7, 11) is 0.0320. The van der Waals surface area contributed by atoms with Gasteiger partial charge < -0.3 is 15.4 Å². The van der Waals surface area contributed by atoms with Gasteiger partial charge in [-0.3, -0.25) is 9.79 Å². The predicted molar refractivity (Wildman–Crippen MR) is 122 cm³/mol. The average Bonchev–Trinajstić information content (AvgIpc) is 3.21. The zero-order valence-electron chi connectivity index (χ0n) is 18.3. The summed E-state index contributed by atoms with van der Waals surface area (Å²) in [6.45, 7) is -0.156. The van der Waals surface area contributed by atoms with E-state index in [2.05, 4.69) is 14.3 Å². The van der Waals surface area contributed by atoms with Crippen LogP contribution in [0.4, 0.5) is 13.2 Å². The van der Waals surface area contributed by atoms with Gasteiger partial charge in [0.1, 0.15) is 29.6 Å². The Morgan fingerprint density at radius 3 is 2.59 bits per heavy atom. The summed E-state index contributed by atoms with van der Waals surface area (Å²) in [5.74, 6) is -1.12. The Bertz CT molecular complexity index is 1210. The molecule has 2 N–H and O–H groups in total. The van der Waals surface area contributed by atoms with Gasteiger partial charge in [-0.25, -0.2) is 13.4 Å². The Kier molecular flexibility index (Phi) is 9.16. The number of hydrogen-bond acceptors (Lipinski definition) is 10. The molecule has 2 rings (SSSR count). The monoisotopic (exact) mass is 539 g/mol. The molecule has 1 heterocycles. The summed E-state index contributed by atoms with van der Waals surface area (Å²) in [6, 6.07) is 5.78. The number of allylic oxidation sites excluding steroid dienone is 2. The fourth-order valence-corrected chi connectivity index (χ4v) is 3.90. The van der Waals surface area contributed by atoms with Crippen LogP contribution >= 0.6 is 23.1 Å². The molecule has 1 aromatic carbocycles. The molecule has 0 fully saturated rings. The molecule has 1 aromatic heterocycles. The first-order chi connectivity index (χ1) is 15.7. The SMILES string of the molecule is CN(C)CCOC(=O)CN=C(C(Cl)=C(N)C(F)(F)F)c1nsc(-c2cccc(S(C)(=O)=O)c2)n1. The zero-order chi connectivity index (χ0) is 25.7. The van der Waals surface area contributed by atoms with Gasteiger partial charge in [-0.2, -0.15) is 17.5 Å². The van der Waals surface area contributed by atoms with E-state index in [9.17, 15) is 26.4 Å². The van der Waals surface area contributed by atoms with Gasteiger partial charge in [-0.05, 0) is 37.8 Å². The van der Waals surface area contributed by atoms with Crippen molar-refractivity contribution in [2.45, 2.75) is 11.1 Å². The van der Waals surface area contributed by atoms with Crippen molar-refractivity contribution < 1.29 is 31.1 Å². The lowest BCUT2D eigenvalue weighted by Gasteiger charge is -2.11. The van der Waals surface area contributed by atoms with Gasteiger partial charge in [0.15, 0.2) is 15.7 Å². The molecule has 0 atom stereocenters. The number of aromatic nitrogens is 2. The number of carbonyl (C=O) groups is 1. The van der Waals surface area contributed by atoms with Gasteiger partial charge in [0.25, 0.3) is 0 Å². The molecule has 2 aromatic rings. The number of nitrogens with two attached hydrogens (primary N) is 1. The number of hydrogen-bond donors (Lipinski definition) is 1. The first-order valence-corrected chi connectivity index (χ1v) is 12.5. The highest BCUT2D eigenvalue weighted by Crippen LogP contribution is 2.29. The number of alkyl halides is 3. The minimum Gasteiger partial charge on any atom is -0.463 e. The maximum atomic E-state index is 13.1. The quantitative estimate of drug-likeness (QED) is 0.380. The molecular formula is C19H21ClF3N5O4S2. The van der Waals surface area contributed by atoms with Crippen LogP contribution in [0.3, 0.4) is 0 Å². The molecule has 0 aliphatic carbocycles. The molecule has 0 spiro atoms. The van der Waals surface area contributed by atoms with Crippen molar-refractivity contribution in [3.8, 4) is 10.6 Å². The molecule has 15 heteroatoms. The van der Waals surface area contributed by atoms with Gasteiger partial charge in [0.2, 0.25) is 0 Å². The second kappa shape index (κ2) is 11.3. The molecule has 0 radical (unpaired) electrons. The molecule has 0 aliphatic heterocycles. The highest BCUT2D eigenvalue weighted by molar-refractivity contribution is 7.90. The number of aliphatic imine (C=N–C) groups is 1. The normalized spacial score (nSPS) is 13.7. The van der Waals surface area contributed by atoms with Gasteiger partial charge >= 0.3 is 12.1 Å². The van der Waals surface area contributed by atoms with Crippen LogP contribution in [-0.2, 0) is 19.4 Å². The second-order valence-corrected chi connectivity index (χ2v) is 10.3. The van der Waals surface area contributed by atoms with Crippen LogP contribution in [-0.4, -0.2) is 80.6 Å². The molecule has 9 nitrogen and oxygen atoms in total. The number of benzene rings is 1.